The van der Waals surface area contributed by atoms with Gasteiger partial charge in [0, 0.05) is 13.1 Å². The summed E-state index contributed by atoms with van der Waals surface area (Å²) in [5, 5.41) is 0.160. The number of carbonyl (C=O) groups excluding carboxylic acids is 1. The summed E-state index contributed by atoms with van der Waals surface area (Å²) in [5.74, 6) is -1.74. The van der Waals surface area contributed by atoms with Crippen LogP contribution in [0.4, 0.5) is 13.2 Å². The molecule has 1 aromatic rings. The lowest BCUT2D eigenvalue weighted by molar-refractivity contribution is -0.183. The first kappa shape index (κ1) is 14.0. The highest BCUT2D eigenvalue weighted by molar-refractivity contribution is 6.29. The van der Waals surface area contributed by atoms with Crippen molar-refractivity contribution in [1.82, 2.24) is 14.9 Å². The molecule has 19 heavy (non-hydrogen) atoms. The maximum atomic E-state index is 12.5. The molecule has 0 bridgehead atoms. The molecule has 1 amide bonds. The summed E-state index contributed by atoms with van der Waals surface area (Å²) >= 11 is 5.55. The first-order valence-electron chi connectivity index (χ1n) is 5.71. The first-order valence-corrected chi connectivity index (χ1v) is 6.09. The minimum atomic E-state index is -4.19. The molecule has 0 spiro atoms. The van der Waals surface area contributed by atoms with Crippen LogP contribution in [0.1, 0.15) is 23.3 Å². The molecule has 0 atom stereocenters. The number of nitrogens with zero attached hydrogens (tertiary/aromatic N) is 3. The van der Waals surface area contributed by atoms with E-state index in [4.69, 9.17) is 11.6 Å². The van der Waals surface area contributed by atoms with Gasteiger partial charge in [-0.3, -0.25) is 4.79 Å². The van der Waals surface area contributed by atoms with Gasteiger partial charge in [0.2, 0.25) is 0 Å². The van der Waals surface area contributed by atoms with Crippen LogP contribution in [0.3, 0.4) is 0 Å². The molecular formula is C11H11ClF3N3O. The fraction of sp³-hybridized carbons (Fsp3) is 0.545. The summed E-state index contributed by atoms with van der Waals surface area (Å²) in [4.78, 5) is 20.9. The molecule has 0 N–H and O–H groups in total. The number of hydrogen-bond acceptors (Lipinski definition) is 3. The van der Waals surface area contributed by atoms with E-state index in [0.29, 0.717) is 0 Å². The molecule has 0 saturated carbocycles. The predicted molar refractivity (Wildman–Crippen MR) is 61.7 cm³/mol. The largest absolute Gasteiger partial charge is 0.391 e. The van der Waals surface area contributed by atoms with Crippen LogP contribution < -0.4 is 0 Å². The van der Waals surface area contributed by atoms with E-state index >= 15 is 0 Å². The molecule has 1 aromatic heterocycles. The summed E-state index contributed by atoms with van der Waals surface area (Å²) in [6.07, 6.45) is -1.88. The lowest BCUT2D eigenvalue weighted by Crippen LogP contribution is -2.42. The Morgan fingerprint density at radius 2 is 1.89 bits per heavy atom. The number of rotatable bonds is 1. The number of carbonyl (C=O) groups is 1. The van der Waals surface area contributed by atoms with Gasteiger partial charge in [-0.25, -0.2) is 9.97 Å². The monoisotopic (exact) mass is 293 g/mol. The number of piperidine rings is 1. The first-order chi connectivity index (χ1) is 8.88. The van der Waals surface area contributed by atoms with Crippen molar-refractivity contribution in [2.75, 3.05) is 13.1 Å². The molecule has 2 rings (SSSR count). The van der Waals surface area contributed by atoms with Gasteiger partial charge in [-0.15, -0.1) is 0 Å². The molecule has 0 aromatic carbocycles. The molecule has 0 radical (unpaired) electrons. The Morgan fingerprint density at radius 1 is 1.26 bits per heavy atom. The maximum Gasteiger partial charge on any atom is 0.391 e. The van der Waals surface area contributed by atoms with E-state index in [1.165, 1.54) is 17.3 Å². The Hall–Kier alpha value is -1.37. The summed E-state index contributed by atoms with van der Waals surface area (Å²) < 4.78 is 37.5. The molecule has 0 unspecified atom stereocenters. The Morgan fingerprint density at radius 3 is 2.37 bits per heavy atom. The normalized spacial score (nSPS) is 17.6. The number of amides is 1. The van der Waals surface area contributed by atoms with E-state index in [9.17, 15) is 18.0 Å². The summed E-state index contributed by atoms with van der Waals surface area (Å²) in [6.45, 7) is 0.153. The van der Waals surface area contributed by atoms with Crippen molar-refractivity contribution in [3.8, 4) is 0 Å². The van der Waals surface area contributed by atoms with Crippen molar-refractivity contribution in [2.24, 2.45) is 5.92 Å². The molecule has 2 heterocycles. The molecular weight excluding hydrogens is 283 g/mol. The van der Waals surface area contributed by atoms with E-state index in [1.54, 1.807) is 0 Å². The van der Waals surface area contributed by atoms with Crippen LogP contribution >= 0.6 is 11.6 Å². The zero-order chi connectivity index (χ0) is 14.0. The lowest BCUT2D eigenvalue weighted by atomic mass is 9.96. The minimum absolute atomic E-state index is 0.0732. The molecule has 4 nitrogen and oxygen atoms in total. The maximum absolute atomic E-state index is 12.5. The van der Waals surface area contributed by atoms with Crippen LogP contribution in [0, 0.1) is 5.92 Å². The van der Waals surface area contributed by atoms with Crippen LogP contribution in [-0.2, 0) is 0 Å². The van der Waals surface area contributed by atoms with Gasteiger partial charge < -0.3 is 4.90 Å². The van der Waals surface area contributed by atoms with Crippen molar-refractivity contribution in [1.29, 1.82) is 0 Å². The van der Waals surface area contributed by atoms with Crippen molar-refractivity contribution >= 4 is 17.5 Å². The summed E-state index contributed by atoms with van der Waals surface area (Å²) in [6, 6.07) is 0. The fourth-order valence-electron chi connectivity index (χ4n) is 1.99. The number of hydrogen-bond donors (Lipinski definition) is 0. The van der Waals surface area contributed by atoms with Crippen LogP contribution in [0.15, 0.2) is 12.4 Å². The second kappa shape index (κ2) is 5.32. The number of aromatic nitrogens is 2. The van der Waals surface area contributed by atoms with E-state index < -0.39 is 18.0 Å². The fourth-order valence-corrected chi connectivity index (χ4v) is 2.09. The highest BCUT2D eigenvalue weighted by Crippen LogP contribution is 2.34. The third-order valence-electron chi connectivity index (χ3n) is 3.08. The van der Waals surface area contributed by atoms with Crippen molar-refractivity contribution in [3.63, 3.8) is 0 Å². The van der Waals surface area contributed by atoms with Crippen LogP contribution in [-0.4, -0.2) is 40.0 Å². The van der Waals surface area contributed by atoms with Gasteiger partial charge in [0.05, 0.1) is 18.3 Å². The predicted octanol–water partition coefficient (Wildman–Crippen LogP) is 2.54. The summed E-state index contributed by atoms with van der Waals surface area (Å²) in [5.41, 5.74) is 0.0925. The average molecular weight is 294 g/mol. The van der Waals surface area contributed by atoms with E-state index in [0.717, 1.165) is 0 Å². The van der Waals surface area contributed by atoms with E-state index in [-0.39, 0.29) is 36.8 Å². The smallest absolute Gasteiger partial charge is 0.337 e. The van der Waals surface area contributed by atoms with Crippen LogP contribution in [0.25, 0.3) is 0 Å². The SMILES string of the molecule is O=C(c1cnc(Cl)cn1)N1CCC(C(F)(F)F)CC1. The Labute approximate surface area is 112 Å². The zero-order valence-electron chi connectivity index (χ0n) is 9.82. The van der Waals surface area contributed by atoms with Crippen molar-refractivity contribution < 1.29 is 18.0 Å². The van der Waals surface area contributed by atoms with Gasteiger partial charge in [0.25, 0.3) is 5.91 Å². The highest BCUT2D eigenvalue weighted by Gasteiger charge is 2.41. The third kappa shape index (κ3) is 3.34. The van der Waals surface area contributed by atoms with Gasteiger partial charge in [-0.05, 0) is 12.8 Å². The second-order valence-electron chi connectivity index (χ2n) is 4.33. The van der Waals surface area contributed by atoms with E-state index in [1.807, 2.05) is 0 Å². The molecule has 8 heteroatoms. The molecule has 1 saturated heterocycles. The molecule has 1 fully saturated rings. The standard InChI is InChI=1S/C11H11ClF3N3O/c12-9-6-16-8(5-17-9)10(19)18-3-1-7(2-4-18)11(13,14)15/h5-7H,1-4H2. The Bertz CT molecular complexity index is 455. The van der Waals surface area contributed by atoms with Gasteiger partial charge in [-0.1, -0.05) is 11.6 Å². The van der Waals surface area contributed by atoms with Crippen LogP contribution in [0.5, 0.6) is 0 Å². The number of likely N-dealkylation sites (tertiary alicyclic amines) is 1. The van der Waals surface area contributed by atoms with Gasteiger partial charge in [0.1, 0.15) is 10.8 Å². The molecule has 104 valence electrons. The highest BCUT2D eigenvalue weighted by atomic mass is 35.5. The van der Waals surface area contributed by atoms with Gasteiger partial charge in [-0.2, -0.15) is 13.2 Å². The molecule has 1 aliphatic rings. The van der Waals surface area contributed by atoms with Gasteiger partial charge in [0.15, 0.2) is 0 Å². The average Bonchev–Trinajstić information content (AvgIpc) is 2.38. The van der Waals surface area contributed by atoms with Crippen LogP contribution in [0.2, 0.25) is 5.15 Å². The number of alkyl halides is 3. The zero-order valence-corrected chi connectivity index (χ0v) is 10.6. The topological polar surface area (TPSA) is 46.1 Å². The second-order valence-corrected chi connectivity index (χ2v) is 4.72. The third-order valence-corrected chi connectivity index (χ3v) is 3.28. The van der Waals surface area contributed by atoms with E-state index in [2.05, 4.69) is 9.97 Å². The quantitative estimate of drug-likeness (QED) is 0.799. The Balaban J connectivity index is 1.98. The number of halogens is 4. The van der Waals surface area contributed by atoms with Gasteiger partial charge >= 0.3 is 6.18 Å². The van der Waals surface area contributed by atoms with Crippen molar-refractivity contribution in [2.45, 2.75) is 19.0 Å². The molecule has 0 aliphatic carbocycles. The lowest BCUT2D eigenvalue weighted by Gasteiger charge is -2.32. The minimum Gasteiger partial charge on any atom is -0.337 e. The Kier molecular flexibility index (Phi) is 3.93. The molecule has 1 aliphatic heterocycles. The van der Waals surface area contributed by atoms with Crippen molar-refractivity contribution in [3.05, 3.63) is 23.2 Å². The summed E-state index contributed by atoms with van der Waals surface area (Å²) in [7, 11) is 0.